The molecule has 7 heteroatoms. The van der Waals surface area contributed by atoms with Gasteiger partial charge >= 0.3 is 0 Å². The smallest absolute Gasteiger partial charge is 0.209 e. The van der Waals surface area contributed by atoms with Gasteiger partial charge in [-0.2, -0.15) is 0 Å². The predicted octanol–water partition coefficient (Wildman–Crippen LogP) is 3.32. The molecule has 20 heavy (non-hydrogen) atoms. The zero-order valence-electron chi connectivity index (χ0n) is 11.0. The number of halogens is 1. The maximum absolute atomic E-state index is 5.92. The highest BCUT2D eigenvalue weighted by molar-refractivity contribution is 7.98. The molecule has 1 aliphatic rings. The topological polar surface area (TPSA) is 69.6 Å². The van der Waals surface area contributed by atoms with Gasteiger partial charge in [-0.25, -0.2) is 4.68 Å². The normalized spacial score (nSPS) is 15.8. The van der Waals surface area contributed by atoms with Crippen LogP contribution in [0, 0.1) is 0 Å². The number of nitrogens with zero attached hydrogens (tertiary/aromatic N) is 4. The summed E-state index contributed by atoms with van der Waals surface area (Å²) in [4.78, 5) is 0. The first-order valence-electron chi connectivity index (χ1n) is 6.68. The van der Waals surface area contributed by atoms with Crippen molar-refractivity contribution in [3.8, 4) is 0 Å². The number of hydrogen-bond donors (Lipinski definition) is 1. The van der Waals surface area contributed by atoms with Gasteiger partial charge < -0.3 is 5.73 Å². The summed E-state index contributed by atoms with van der Waals surface area (Å²) in [6.45, 7) is 0. The molecule has 1 aromatic carbocycles. The molecule has 1 heterocycles. The zero-order chi connectivity index (χ0) is 13.9. The van der Waals surface area contributed by atoms with Crippen molar-refractivity contribution >= 4 is 29.1 Å². The highest BCUT2D eigenvalue weighted by Crippen LogP contribution is 2.32. The summed E-state index contributed by atoms with van der Waals surface area (Å²) < 4.78 is 1.97. The molecule has 0 unspecified atom stereocenters. The van der Waals surface area contributed by atoms with Crippen LogP contribution in [0.4, 0.5) is 5.69 Å². The summed E-state index contributed by atoms with van der Waals surface area (Å²) in [6.07, 6.45) is 4.88. The molecule has 0 atom stereocenters. The maximum atomic E-state index is 5.92. The first-order valence-corrected chi connectivity index (χ1v) is 8.05. The molecule has 0 amide bonds. The van der Waals surface area contributed by atoms with E-state index in [1.807, 2.05) is 22.9 Å². The second kappa shape index (κ2) is 6.01. The minimum absolute atomic E-state index is 0.461. The maximum Gasteiger partial charge on any atom is 0.209 e. The van der Waals surface area contributed by atoms with E-state index in [9.17, 15) is 0 Å². The lowest BCUT2D eigenvalue weighted by Crippen LogP contribution is -2.08. The summed E-state index contributed by atoms with van der Waals surface area (Å²) in [7, 11) is 0. The molecule has 1 fully saturated rings. The summed E-state index contributed by atoms with van der Waals surface area (Å²) in [5, 5.41) is 13.5. The van der Waals surface area contributed by atoms with Gasteiger partial charge in [-0.15, -0.1) is 5.10 Å². The number of thioether (sulfide) groups is 1. The number of hydrogen-bond acceptors (Lipinski definition) is 5. The largest absolute Gasteiger partial charge is 0.398 e. The monoisotopic (exact) mass is 309 g/mol. The van der Waals surface area contributed by atoms with E-state index in [0.29, 0.717) is 16.8 Å². The molecule has 0 spiro atoms. The van der Waals surface area contributed by atoms with Crippen LogP contribution in [0.3, 0.4) is 0 Å². The average Bonchev–Trinajstić information content (AvgIpc) is 3.09. The molecule has 106 valence electrons. The number of nitrogen functional groups attached to an aromatic ring is 1. The Labute approximate surface area is 126 Å². The fourth-order valence-corrected chi connectivity index (χ4v) is 3.49. The molecule has 0 bridgehead atoms. The van der Waals surface area contributed by atoms with Crippen LogP contribution < -0.4 is 5.73 Å². The minimum Gasteiger partial charge on any atom is -0.398 e. The van der Waals surface area contributed by atoms with Gasteiger partial charge in [-0.3, -0.25) is 0 Å². The molecule has 2 aromatic rings. The lowest BCUT2D eigenvalue weighted by molar-refractivity contribution is 0.423. The molecule has 2 N–H and O–H groups in total. The molecule has 5 nitrogen and oxygen atoms in total. The van der Waals surface area contributed by atoms with Gasteiger partial charge in [0.2, 0.25) is 5.16 Å². The second-order valence-corrected chi connectivity index (χ2v) is 6.34. The predicted molar refractivity (Wildman–Crippen MR) is 80.7 cm³/mol. The highest BCUT2D eigenvalue weighted by Gasteiger charge is 2.21. The third-order valence-electron chi connectivity index (χ3n) is 3.56. The van der Waals surface area contributed by atoms with Crippen LogP contribution in [-0.2, 0) is 5.75 Å². The van der Waals surface area contributed by atoms with E-state index in [-0.39, 0.29) is 0 Å². The van der Waals surface area contributed by atoms with E-state index in [1.165, 1.54) is 25.7 Å². The van der Waals surface area contributed by atoms with Crippen molar-refractivity contribution in [1.29, 1.82) is 0 Å². The van der Waals surface area contributed by atoms with Crippen LogP contribution in [0.15, 0.2) is 23.4 Å². The van der Waals surface area contributed by atoms with Crippen LogP contribution in [-0.4, -0.2) is 20.2 Å². The molecule has 0 saturated heterocycles. The fraction of sp³-hybridized carbons (Fsp3) is 0.462. The number of aromatic nitrogens is 4. The summed E-state index contributed by atoms with van der Waals surface area (Å²) >= 11 is 7.56. The van der Waals surface area contributed by atoms with E-state index < -0.39 is 0 Å². The molecule has 3 rings (SSSR count). The van der Waals surface area contributed by atoms with Gasteiger partial charge in [0.05, 0.1) is 16.8 Å². The number of benzene rings is 1. The van der Waals surface area contributed by atoms with Gasteiger partial charge in [-0.1, -0.05) is 42.3 Å². The van der Waals surface area contributed by atoms with Crippen molar-refractivity contribution in [2.75, 3.05) is 5.73 Å². The van der Waals surface area contributed by atoms with Crippen LogP contribution in [0.1, 0.15) is 37.3 Å². The highest BCUT2D eigenvalue weighted by atomic mass is 35.5. The Bertz CT molecular complexity index is 594. The third kappa shape index (κ3) is 2.91. The van der Waals surface area contributed by atoms with Gasteiger partial charge in [0.15, 0.2) is 0 Å². The Morgan fingerprint density at radius 3 is 2.90 bits per heavy atom. The van der Waals surface area contributed by atoms with E-state index in [4.69, 9.17) is 17.3 Å². The second-order valence-electron chi connectivity index (χ2n) is 4.99. The van der Waals surface area contributed by atoms with Crippen LogP contribution >= 0.6 is 23.4 Å². The number of rotatable bonds is 4. The van der Waals surface area contributed by atoms with E-state index in [0.717, 1.165) is 16.5 Å². The molecule has 0 radical (unpaired) electrons. The molecule has 1 aromatic heterocycles. The molecular formula is C13H16ClN5S. The first-order chi connectivity index (χ1) is 9.74. The number of anilines is 1. The quantitative estimate of drug-likeness (QED) is 0.693. The summed E-state index contributed by atoms with van der Waals surface area (Å²) in [5.74, 6) is 0.786. The van der Waals surface area contributed by atoms with Crippen LogP contribution in [0.2, 0.25) is 5.02 Å². The van der Waals surface area contributed by atoms with Crippen molar-refractivity contribution in [2.24, 2.45) is 0 Å². The molecular weight excluding hydrogens is 294 g/mol. The van der Waals surface area contributed by atoms with Gasteiger partial charge in [0.25, 0.3) is 0 Å². The average molecular weight is 310 g/mol. The summed E-state index contributed by atoms with van der Waals surface area (Å²) in [5.41, 5.74) is 7.55. The lowest BCUT2D eigenvalue weighted by Gasteiger charge is -2.10. The SMILES string of the molecule is Nc1cc(CSc2nnnn2C2CCCC2)ccc1Cl. The Hall–Kier alpha value is -1.27. The van der Waals surface area contributed by atoms with Crippen LogP contribution in [0.5, 0.6) is 0 Å². The Balaban J connectivity index is 1.69. The van der Waals surface area contributed by atoms with Crippen molar-refractivity contribution in [1.82, 2.24) is 20.2 Å². The van der Waals surface area contributed by atoms with Gasteiger partial charge in [0.1, 0.15) is 0 Å². The van der Waals surface area contributed by atoms with Crippen molar-refractivity contribution in [2.45, 2.75) is 42.6 Å². The zero-order valence-corrected chi connectivity index (χ0v) is 12.6. The van der Waals surface area contributed by atoms with E-state index >= 15 is 0 Å². The van der Waals surface area contributed by atoms with Crippen molar-refractivity contribution < 1.29 is 0 Å². The Kier molecular flexibility index (Phi) is 4.12. The van der Waals surface area contributed by atoms with Crippen LogP contribution in [0.25, 0.3) is 0 Å². The lowest BCUT2D eigenvalue weighted by atomic mass is 10.2. The fourth-order valence-electron chi connectivity index (χ4n) is 2.49. The minimum atomic E-state index is 0.461. The Morgan fingerprint density at radius 1 is 1.35 bits per heavy atom. The number of nitrogens with two attached hydrogens (primary N) is 1. The van der Waals surface area contributed by atoms with E-state index in [1.54, 1.807) is 11.8 Å². The van der Waals surface area contributed by atoms with Gasteiger partial charge in [0, 0.05) is 5.75 Å². The molecule has 1 saturated carbocycles. The third-order valence-corrected chi connectivity index (χ3v) is 4.91. The molecule has 0 aliphatic heterocycles. The standard InChI is InChI=1S/C13H16ClN5S/c14-11-6-5-9(7-12(11)15)8-20-13-16-17-18-19(13)10-3-1-2-4-10/h5-7,10H,1-4,8,15H2. The molecule has 1 aliphatic carbocycles. The first kappa shape index (κ1) is 13.7. The van der Waals surface area contributed by atoms with Crippen molar-refractivity contribution in [3.05, 3.63) is 28.8 Å². The Morgan fingerprint density at radius 2 is 2.15 bits per heavy atom. The summed E-state index contributed by atoms with van der Waals surface area (Å²) in [6, 6.07) is 6.17. The van der Waals surface area contributed by atoms with Crippen molar-refractivity contribution in [3.63, 3.8) is 0 Å². The van der Waals surface area contributed by atoms with E-state index in [2.05, 4.69) is 15.5 Å². The van der Waals surface area contributed by atoms with Gasteiger partial charge in [-0.05, 0) is 41.0 Å². The number of tetrazole rings is 1.